The molecule has 1 saturated heterocycles. The van der Waals surface area contributed by atoms with E-state index in [0.717, 1.165) is 24.1 Å². The van der Waals surface area contributed by atoms with Crippen LogP contribution in [0.5, 0.6) is 5.75 Å². The van der Waals surface area contributed by atoms with Crippen molar-refractivity contribution in [1.82, 2.24) is 25.2 Å². The van der Waals surface area contributed by atoms with Crippen LogP contribution in [0.15, 0.2) is 24.5 Å². The molecule has 3 heterocycles. The van der Waals surface area contributed by atoms with Crippen molar-refractivity contribution in [2.75, 3.05) is 13.2 Å². The van der Waals surface area contributed by atoms with Gasteiger partial charge in [0.15, 0.2) is 0 Å². The second kappa shape index (κ2) is 10.7. The van der Waals surface area contributed by atoms with Crippen molar-refractivity contribution in [2.45, 2.75) is 71.9 Å². The van der Waals surface area contributed by atoms with Crippen molar-refractivity contribution in [1.29, 1.82) is 0 Å². The van der Waals surface area contributed by atoms with Crippen LogP contribution < -0.4 is 15.2 Å². The molecule has 3 aromatic rings. The number of nitrogens with one attached hydrogen (secondary N) is 2. The number of nitrogens with zero attached hydrogens (tertiary/aromatic N) is 3. The van der Waals surface area contributed by atoms with Gasteiger partial charge in [-0.1, -0.05) is 13.8 Å². The Morgan fingerprint density at radius 3 is 2.67 bits per heavy atom. The first-order valence-corrected chi connectivity index (χ1v) is 13.6. The monoisotopic (exact) mass is 554 g/mol. The highest BCUT2D eigenvalue weighted by atomic mass is 19.3. The highest BCUT2D eigenvalue weighted by Crippen LogP contribution is 2.39. The summed E-state index contributed by atoms with van der Waals surface area (Å²) in [5, 5.41) is 14.3. The van der Waals surface area contributed by atoms with Crippen LogP contribution in [0.1, 0.15) is 63.3 Å². The maximum absolute atomic E-state index is 13.6. The minimum absolute atomic E-state index is 0.125. The van der Waals surface area contributed by atoms with Crippen LogP contribution in [-0.4, -0.2) is 57.1 Å². The number of rotatable bonds is 9. The van der Waals surface area contributed by atoms with Gasteiger partial charge in [-0.2, -0.15) is 0 Å². The number of amides is 2. The fourth-order valence-electron chi connectivity index (χ4n) is 5.37. The van der Waals surface area contributed by atoms with Gasteiger partial charge in [-0.25, -0.2) is 18.7 Å². The molecule has 40 heavy (non-hydrogen) atoms. The van der Waals surface area contributed by atoms with Gasteiger partial charge in [0.2, 0.25) is 5.91 Å². The number of H-pyrrole nitrogens is 1. The number of aryl methyl sites for hydroxylation is 1. The Morgan fingerprint density at radius 1 is 1.27 bits per heavy atom. The predicted molar refractivity (Wildman–Crippen MR) is 143 cm³/mol. The van der Waals surface area contributed by atoms with E-state index in [-0.39, 0.29) is 30.1 Å². The number of fused-ring (bicyclic) bond motifs is 1. The van der Waals surface area contributed by atoms with E-state index in [2.05, 4.69) is 20.3 Å². The summed E-state index contributed by atoms with van der Waals surface area (Å²) in [6, 6.07) is 3.84. The van der Waals surface area contributed by atoms with Gasteiger partial charge in [0, 0.05) is 46.4 Å². The minimum atomic E-state index is -2.64. The van der Waals surface area contributed by atoms with Crippen LogP contribution in [0.4, 0.5) is 13.6 Å². The third-order valence-corrected chi connectivity index (χ3v) is 7.96. The number of carbonyl (C=O) groups excluding carboxylic acids is 2. The predicted octanol–water partition coefficient (Wildman–Crippen LogP) is 4.15. The summed E-state index contributed by atoms with van der Waals surface area (Å²) < 4.78 is 33.3. The average molecular weight is 555 g/mol. The van der Waals surface area contributed by atoms with Crippen LogP contribution in [0.3, 0.4) is 0 Å². The number of carboxylic acid groups (broad SMARTS) is 1. The number of hydrogen-bond acceptors (Lipinski definition) is 6. The molecule has 1 saturated carbocycles. The summed E-state index contributed by atoms with van der Waals surface area (Å²) in [6.07, 6.45) is 0.565. The number of likely N-dealkylation sites (tertiary alicyclic amines) is 1. The lowest BCUT2D eigenvalue weighted by atomic mass is 9.84. The smallest absolute Gasteiger partial charge is 0.263 e. The molecule has 2 aliphatic rings. The Balaban J connectivity index is 1.43. The molecule has 0 spiro atoms. The summed E-state index contributed by atoms with van der Waals surface area (Å²) in [4.78, 5) is 38.2. The van der Waals surface area contributed by atoms with Gasteiger partial charge in [-0.15, -0.1) is 0 Å². The third kappa shape index (κ3) is 5.59. The van der Waals surface area contributed by atoms with Crippen molar-refractivity contribution in [3.63, 3.8) is 0 Å². The summed E-state index contributed by atoms with van der Waals surface area (Å²) in [6.45, 7) is 8.04. The van der Waals surface area contributed by atoms with E-state index >= 15 is 0 Å². The van der Waals surface area contributed by atoms with Crippen LogP contribution >= 0.6 is 0 Å². The fraction of sp³-hybridized carbons (Fsp3) is 0.517. The second-order valence-electron chi connectivity index (χ2n) is 11.7. The van der Waals surface area contributed by atoms with Crippen LogP contribution in [-0.2, 0) is 11.2 Å². The Hall–Kier alpha value is -3.76. The zero-order chi connectivity index (χ0) is 28.8. The zero-order valence-electron chi connectivity index (χ0n) is 23.1. The normalized spacial score (nSPS) is 19.4. The third-order valence-electron chi connectivity index (χ3n) is 7.96. The Kier molecular flexibility index (Phi) is 7.41. The van der Waals surface area contributed by atoms with Gasteiger partial charge in [0.1, 0.15) is 23.9 Å². The molecule has 2 fully saturated rings. The lowest BCUT2D eigenvalue weighted by Gasteiger charge is -2.26. The van der Waals surface area contributed by atoms with Crippen LogP contribution in [0, 0.1) is 18.3 Å². The molecule has 214 valence electrons. The number of hydrogen-bond donors (Lipinski definition) is 2. The van der Waals surface area contributed by atoms with E-state index in [1.54, 1.807) is 13.0 Å². The standard InChI is InChI=1S/C29H35F2N5O4/c1-15-9-19(12-36(15)28(38)39)35-27(37)29(3,4)11-21-16(2)34-25-23(32-14-33-24(21)25)20-10-18(26(30)31)7-8-22(20)40-13-17-5-6-17/h7-8,10,14-15,17,19,26,34H,5-6,9,11-13H2,1-4H3,(H,35,37)(H,38,39)/p-1/t15-,19-/m0/s1. The molecule has 9 nitrogen and oxygen atoms in total. The number of aromatic nitrogens is 3. The van der Waals surface area contributed by atoms with E-state index in [1.807, 2.05) is 20.8 Å². The molecule has 0 radical (unpaired) electrons. The molecule has 0 bridgehead atoms. The number of benzene rings is 1. The molecule has 2 N–H and O–H groups in total. The average Bonchev–Trinajstić information content (AvgIpc) is 3.58. The van der Waals surface area contributed by atoms with Crippen molar-refractivity contribution in [3.05, 3.63) is 41.3 Å². The molecular weight excluding hydrogens is 520 g/mol. The zero-order valence-corrected chi connectivity index (χ0v) is 23.1. The SMILES string of the molecule is Cc1[nH]c2c(-c3cc(C(F)F)ccc3OCC3CC3)ncnc2c1CC(C)(C)C(=O)N[C@H]1C[C@H](C)N(C(=O)[O-])C1. The van der Waals surface area contributed by atoms with Gasteiger partial charge in [-0.3, -0.25) is 4.79 Å². The van der Waals surface area contributed by atoms with Crippen molar-refractivity contribution < 1.29 is 28.2 Å². The molecule has 2 aromatic heterocycles. The van der Waals surface area contributed by atoms with Crippen LogP contribution in [0.2, 0.25) is 0 Å². The van der Waals surface area contributed by atoms with Gasteiger partial charge >= 0.3 is 0 Å². The topological polar surface area (TPSA) is 123 Å². The molecule has 1 aliphatic carbocycles. The van der Waals surface area contributed by atoms with Crippen molar-refractivity contribution in [2.24, 2.45) is 11.3 Å². The van der Waals surface area contributed by atoms with Gasteiger partial charge in [0.05, 0.1) is 17.6 Å². The quantitative estimate of drug-likeness (QED) is 0.410. The molecule has 1 aromatic carbocycles. The summed E-state index contributed by atoms with van der Waals surface area (Å²) in [5.74, 6) is 0.770. The number of alkyl halides is 2. The number of ether oxygens (including phenoxy) is 1. The number of halogens is 2. The first-order valence-electron chi connectivity index (χ1n) is 13.6. The summed E-state index contributed by atoms with van der Waals surface area (Å²) >= 11 is 0. The molecule has 1 aliphatic heterocycles. The van der Waals surface area contributed by atoms with E-state index in [9.17, 15) is 23.5 Å². The second-order valence-corrected chi connectivity index (χ2v) is 11.7. The highest BCUT2D eigenvalue weighted by Gasteiger charge is 2.36. The van der Waals surface area contributed by atoms with E-state index in [4.69, 9.17) is 4.74 Å². The number of aromatic amines is 1. The van der Waals surface area contributed by atoms with Crippen LogP contribution in [0.25, 0.3) is 22.3 Å². The molecule has 0 unspecified atom stereocenters. The molecular formula is C29H34F2N5O4-. The Bertz CT molecular complexity index is 1440. The highest BCUT2D eigenvalue weighted by molar-refractivity contribution is 5.94. The van der Waals surface area contributed by atoms with Crippen molar-refractivity contribution >= 4 is 23.0 Å². The number of carbonyl (C=O) groups is 2. The summed E-state index contributed by atoms with van der Waals surface area (Å²) in [5.41, 5.74) is 2.75. The first kappa shape index (κ1) is 27.8. The Labute approximate surface area is 231 Å². The fourth-order valence-corrected chi connectivity index (χ4v) is 5.37. The summed E-state index contributed by atoms with van der Waals surface area (Å²) in [7, 11) is 0. The first-order chi connectivity index (χ1) is 18.9. The lowest BCUT2D eigenvalue weighted by Crippen LogP contribution is -2.47. The Morgan fingerprint density at radius 2 is 2.02 bits per heavy atom. The maximum atomic E-state index is 13.6. The molecule has 2 amide bonds. The van der Waals surface area contributed by atoms with Gasteiger partial charge < -0.3 is 29.8 Å². The largest absolute Gasteiger partial charge is 0.530 e. The molecule has 2 atom stereocenters. The molecule has 11 heteroatoms. The van der Waals surface area contributed by atoms with Crippen molar-refractivity contribution in [3.8, 4) is 17.0 Å². The van der Waals surface area contributed by atoms with Gasteiger partial charge in [-0.05, 0) is 63.6 Å². The van der Waals surface area contributed by atoms with E-state index < -0.39 is 17.9 Å². The lowest BCUT2D eigenvalue weighted by molar-refractivity contribution is -0.266. The molecule has 5 rings (SSSR count). The van der Waals surface area contributed by atoms with E-state index in [1.165, 1.54) is 23.4 Å². The van der Waals surface area contributed by atoms with Gasteiger partial charge in [0.25, 0.3) is 6.43 Å². The van der Waals surface area contributed by atoms with E-state index in [0.29, 0.717) is 53.4 Å². The minimum Gasteiger partial charge on any atom is -0.530 e. The maximum Gasteiger partial charge on any atom is 0.263 e.